The topological polar surface area (TPSA) is 79.5 Å². The number of nitrogens with one attached hydrogen (secondary N) is 1. The zero-order valence-corrected chi connectivity index (χ0v) is 12.9. The van der Waals surface area contributed by atoms with Crippen LogP contribution in [0.1, 0.15) is 6.42 Å². The van der Waals surface area contributed by atoms with E-state index >= 15 is 0 Å². The van der Waals surface area contributed by atoms with E-state index in [2.05, 4.69) is 4.98 Å². The molecule has 1 N–H and O–H groups in total. The van der Waals surface area contributed by atoms with Crippen LogP contribution in [0.25, 0.3) is 0 Å². The lowest BCUT2D eigenvalue weighted by Crippen LogP contribution is -2.43. The maximum atomic E-state index is 12.7. The maximum Gasteiger partial charge on any atom is 0.248 e. The molecular weight excluding hydrogens is 300 g/mol. The molecule has 112 valence electrons. The standard InChI is InChI=1S/C12H18N2O4S2/c1-18-6-5-14(10-3-7-19-9-10)20(16,17)12-8-13-4-2-11(12)15/h2,4,8,10H,3,5-7,9H2,1H3,(H,13,15). The van der Waals surface area contributed by atoms with E-state index in [1.54, 1.807) is 11.8 Å². The van der Waals surface area contributed by atoms with Crippen molar-refractivity contribution < 1.29 is 13.2 Å². The molecule has 0 saturated carbocycles. The van der Waals surface area contributed by atoms with E-state index in [1.807, 2.05) is 0 Å². The molecular formula is C12H18N2O4S2. The highest BCUT2D eigenvalue weighted by Crippen LogP contribution is 2.26. The third kappa shape index (κ3) is 3.25. The van der Waals surface area contributed by atoms with Crippen molar-refractivity contribution in [3.63, 3.8) is 0 Å². The SMILES string of the molecule is COCCN(C1CCSC1)S(=O)(=O)c1c[nH]ccc1=O. The number of nitrogens with zero attached hydrogens (tertiary/aromatic N) is 1. The average molecular weight is 318 g/mol. The Morgan fingerprint density at radius 2 is 2.35 bits per heavy atom. The molecule has 1 aromatic rings. The van der Waals surface area contributed by atoms with Gasteiger partial charge in [-0.05, 0) is 12.2 Å². The first-order valence-corrected chi connectivity index (χ1v) is 8.92. The first kappa shape index (κ1) is 15.6. The van der Waals surface area contributed by atoms with Crippen LogP contribution >= 0.6 is 11.8 Å². The van der Waals surface area contributed by atoms with Gasteiger partial charge in [0.1, 0.15) is 4.90 Å². The van der Waals surface area contributed by atoms with Crippen molar-refractivity contribution in [3.05, 3.63) is 28.7 Å². The molecule has 2 rings (SSSR count). The fourth-order valence-electron chi connectivity index (χ4n) is 2.16. The Kier molecular flexibility index (Phi) is 5.25. The van der Waals surface area contributed by atoms with E-state index in [1.165, 1.54) is 29.9 Å². The van der Waals surface area contributed by atoms with Gasteiger partial charge in [0.2, 0.25) is 15.5 Å². The lowest BCUT2D eigenvalue weighted by molar-refractivity contribution is 0.169. The number of pyridine rings is 1. The highest BCUT2D eigenvalue weighted by molar-refractivity contribution is 7.99. The molecule has 2 heterocycles. The zero-order valence-electron chi connectivity index (χ0n) is 11.2. The van der Waals surface area contributed by atoms with E-state index in [-0.39, 0.29) is 17.5 Å². The first-order chi connectivity index (χ1) is 9.57. The van der Waals surface area contributed by atoms with Gasteiger partial charge in [-0.25, -0.2) is 8.42 Å². The predicted molar refractivity (Wildman–Crippen MR) is 78.6 cm³/mol. The van der Waals surface area contributed by atoms with Crippen molar-refractivity contribution in [3.8, 4) is 0 Å². The van der Waals surface area contributed by atoms with Gasteiger partial charge in [0.05, 0.1) is 6.61 Å². The number of sulfonamides is 1. The van der Waals surface area contributed by atoms with Gasteiger partial charge in [0.25, 0.3) is 0 Å². The molecule has 1 saturated heterocycles. The summed E-state index contributed by atoms with van der Waals surface area (Å²) in [6.45, 7) is 0.573. The zero-order chi connectivity index (χ0) is 14.6. The van der Waals surface area contributed by atoms with Crippen LogP contribution in [0.5, 0.6) is 0 Å². The Labute approximate surface area is 122 Å². The summed E-state index contributed by atoms with van der Waals surface area (Å²) in [4.78, 5) is 14.3. The summed E-state index contributed by atoms with van der Waals surface area (Å²) in [5.74, 6) is 1.70. The van der Waals surface area contributed by atoms with Crippen molar-refractivity contribution >= 4 is 21.8 Å². The number of aromatic nitrogens is 1. The molecule has 0 aromatic carbocycles. The van der Waals surface area contributed by atoms with Gasteiger partial charge in [0, 0.05) is 43.9 Å². The molecule has 0 bridgehead atoms. The first-order valence-electron chi connectivity index (χ1n) is 6.33. The lowest BCUT2D eigenvalue weighted by atomic mass is 10.3. The molecule has 0 aliphatic carbocycles. The summed E-state index contributed by atoms with van der Waals surface area (Å²) in [5.41, 5.74) is -0.489. The van der Waals surface area contributed by atoms with Crippen molar-refractivity contribution in [1.29, 1.82) is 0 Å². The third-order valence-corrected chi connectivity index (χ3v) is 6.32. The van der Waals surface area contributed by atoms with Crippen LogP contribution in [0.2, 0.25) is 0 Å². The van der Waals surface area contributed by atoms with E-state index in [0.717, 1.165) is 17.9 Å². The largest absolute Gasteiger partial charge is 0.383 e. The van der Waals surface area contributed by atoms with Crippen molar-refractivity contribution in [2.75, 3.05) is 31.8 Å². The van der Waals surface area contributed by atoms with Crippen LogP contribution in [0.4, 0.5) is 0 Å². The minimum Gasteiger partial charge on any atom is -0.383 e. The normalized spacial score (nSPS) is 19.6. The van der Waals surface area contributed by atoms with Gasteiger partial charge in [-0.2, -0.15) is 16.1 Å². The lowest BCUT2D eigenvalue weighted by Gasteiger charge is -2.27. The van der Waals surface area contributed by atoms with Crippen LogP contribution in [0.15, 0.2) is 28.2 Å². The minimum absolute atomic E-state index is 0.0697. The third-order valence-electron chi connectivity index (χ3n) is 3.20. The van der Waals surface area contributed by atoms with Crippen LogP contribution in [0, 0.1) is 0 Å². The molecule has 1 fully saturated rings. The van der Waals surface area contributed by atoms with Crippen LogP contribution < -0.4 is 5.43 Å². The van der Waals surface area contributed by atoms with Crippen LogP contribution in [0.3, 0.4) is 0 Å². The molecule has 1 aromatic heterocycles. The van der Waals surface area contributed by atoms with Crippen molar-refractivity contribution in [2.24, 2.45) is 0 Å². The molecule has 1 aliphatic heterocycles. The average Bonchev–Trinajstić information content (AvgIpc) is 2.93. The predicted octanol–water partition coefficient (Wildman–Crippen LogP) is 0.518. The van der Waals surface area contributed by atoms with Gasteiger partial charge < -0.3 is 9.72 Å². The summed E-state index contributed by atoms with van der Waals surface area (Å²) >= 11 is 1.73. The van der Waals surface area contributed by atoms with Crippen molar-refractivity contribution in [1.82, 2.24) is 9.29 Å². The van der Waals surface area contributed by atoms with Gasteiger partial charge in [-0.1, -0.05) is 0 Å². The Bertz CT molecular complexity index is 593. The summed E-state index contributed by atoms with van der Waals surface area (Å²) in [6.07, 6.45) is 3.48. The molecule has 1 unspecified atom stereocenters. The maximum absolute atomic E-state index is 12.7. The molecule has 20 heavy (non-hydrogen) atoms. The number of hydrogen-bond donors (Lipinski definition) is 1. The van der Waals surface area contributed by atoms with Gasteiger partial charge in [0.15, 0.2) is 0 Å². The Morgan fingerprint density at radius 1 is 1.55 bits per heavy atom. The number of thioether (sulfide) groups is 1. The second-order valence-electron chi connectivity index (χ2n) is 4.50. The second-order valence-corrected chi connectivity index (χ2v) is 7.51. The number of ether oxygens (including phenoxy) is 1. The summed E-state index contributed by atoms with van der Waals surface area (Å²) in [6, 6.07) is 1.16. The van der Waals surface area contributed by atoms with Crippen LogP contribution in [-0.2, 0) is 14.8 Å². The van der Waals surface area contributed by atoms with E-state index in [4.69, 9.17) is 4.74 Å². The molecule has 0 spiro atoms. The van der Waals surface area contributed by atoms with Gasteiger partial charge in [-0.15, -0.1) is 0 Å². The number of rotatable bonds is 6. The Morgan fingerprint density at radius 3 is 2.95 bits per heavy atom. The fourth-order valence-corrected chi connectivity index (χ4v) is 5.16. The molecule has 1 atom stereocenters. The number of methoxy groups -OCH3 is 1. The van der Waals surface area contributed by atoms with E-state index < -0.39 is 15.5 Å². The number of hydrogen-bond acceptors (Lipinski definition) is 5. The van der Waals surface area contributed by atoms with E-state index in [9.17, 15) is 13.2 Å². The number of aromatic amines is 1. The fraction of sp³-hybridized carbons (Fsp3) is 0.583. The molecule has 0 amide bonds. The quantitative estimate of drug-likeness (QED) is 0.827. The minimum atomic E-state index is -3.79. The Balaban J connectivity index is 2.35. The summed E-state index contributed by atoms with van der Waals surface area (Å²) < 4.78 is 31.8. The van der Waals surface area contributed by atoms with E-state index in [0.29, 0.717) is 6.61 Å². The molecule has 8 heteroatoms. The van der Waals surface area contributed by atoms with Crippen LogP contribution in [-0.4, -0.2) is 55.5 Å². The highest BCUT2D eigenvalue weighted by Gasteiger charge is 2.34. The number of H-pyrrole nitrogens is 1. The smallest absolute Gasteiger partial charge is 0.248 e. The molecule has 1 aliphatic rings. The van der Waals surface area contributed by atoms with Gasteiger partial charge >= 0.3 is 0 Å². The summed E-state index contributed by atoms with van der Waals surface area (Å²) in [7, 11) is -2.26. The van der Waals surface area contributed by atoms with Gasteiger partial charge in [-0.3, -0.25) is 4.79 Å². The van der Waals surface area contributed by atoms with Crippen molar-refractivity contribution in [2.45, 2.75) is 17.4 Å². The second kappa shape index (κ2) is 6.75. The Hall–Kier alpha value is -0.830. The molecule has 0 radical (unpaired) electrons. The monoisotopic (exact) mass is 318 g/mol. The summed E-state index contributed by atoms with van der Waals surface area (Å²) in [5, 5.41) is 0. The highest BCUT2D eigenvalue weighted by atomic mass is 32.2. The molecule has 6 nitrogen and oxygen atoms in total.